The lowest BCUT2D eigenvalue weighted by molar-refractivity contribution is -0.148. The predicted molar refractivity (Wildman–Crippen MR) is 60.0 cm³/mol. The molecule has 1 amide bonds. The van der Waals surface area contributed by atoms with E-state index < -0.39 is 5.60 Å². The number of likely N-dealkylation sites (tertiary alicyclic amines) is 1. The quantitative estimate of drug-likeness (QED) is 0.720. The number of hydrogen-bond donors (Lipinski definition) is 1. The van der Waals surface area contributed by atoms with Crippen LogP contribution in [0.5, 0.6) is 0 Å². The van der Waals surface area contributed by atoms with Gasteiger partial charge in [0.2, 0.25) is 0 Å². The Morgan fingerprint density at radius 1 is 1.56 bits per heavy atom. The van der Waals surface area contributed by atoms with Crippen LogP contribution < -0.4 is 0 Å². The van der Waals surface area contributed by atoms with Crippen LogP contribution >= 0.6 is 0 Å². The van der Waals surface area contributed by atoms with Crippen molar-refractivity contribution >= 4 is 5.91 Å². The number of β-amino-alcohol motifs (C(OH)–C–C–N with tert-alkyl or cyclic N) is 1. The number of ether oxygens (including phenoxy) is 1. The topological polar surface area (TPSA) is 49.8 Å². The van der Waals surface area contributed by atoms with E-state index in [-0.39, 0.29) is 12.0 Å². The SMILES string of the molecule is CC1CCOC1C(=O)N1CCCC(C)(O)C1. The Bertz CT molecular complexity index is 277. The molecule has 2 heterocycles. The highest BCUT2D eigenvalue weighted by atomic mass is 16.5. The highest BCUT2D eigenvalue weighted by Crippen LogP contribution is 2.26. The van der Waals surface area contributed by atoms with E-state index in [0.717, 1.165) is 25.8 Å². The first-order valence-corrected chi connectivity index (χ1v) is 6.12. The molecule has 0 aromatic heterocycles. The van der Waals surface area contributed by atoms with Crippen molar-refractivity contribution in [1.82, 2.24) is 4.90 Å². The molecule has 4 heteroatoms. The van der Waals surface area contributed by atoms with Gasteiger partial charge in [-0.3, -0.25) is 4.79 Å². The summed E-state index contributed by atoms with van der Waals surface area (Å²) in [4.78, 5) is 13.9. The molecule has 0 aromatic rings. The lowest BCUT2D eigenvalue weighted by Crippen LogP contribution is -2.52. The van der Waals surface area contributed by atoms with E-state index in [9.17, 15) is 9.90 Å². The van der Waals surface area contributed by atoms with E-state index in [1.807, 2.05) is 0 Å². The largest absolute Gasteiger partial charge is 0.388 e. The second kappa shape index (κ2) is 4.34. The van der Waals surface area contributed by atoms with E-state index in [1.54, 1.807) is 11.8 Å². The zero-order valence-electron chi connectivity index (χ0n) is 10.1. The number of piperidine rings is 1. The molecular weight excluding hydrogens is 206 g/mol. The highest BCUT2D eigenvalue weighted by Gasteiger charge is 2.38. The van der Waals surface area contributed by atoms with Crippen LogP contribution in [-0.2, 0) is 9.53 Å². The number of amides is 1. The van der Waals surface area contributed by atoms with Gasteiger partial charge in [0.15, 0.2) is 0 Å². The molecule has 0 saturated carbocycles. The second-order valence-electron chi connectivity index (χ2n) is 5.42. The second-order valence-corrected chi connectivity index (χ2v) is 5.42. The molecule has 0 spiro atoms. The van der Waals surface area contributed by atoms with Crippen LogP contribution in [0.1, 0.15) is 33.1 Å². The van der Waals surface area contributed by atoms with Gasteiger partial charge in [-0.2, -0.15) is 0 Å². The van der Waals surface area contributed by atoms with Crippen molar-refractivity contribution in [3.63, 3.8) is 0 Å². The Hall–Kier alpha value is -0.610. The number of rotatable bonds is 1. The molecule has 2 fully saturated rings. The van der Waals surface area contributed by atoms with Crippen LogP contribution in [0.25, 0.3) is 0 Å². The highest BCUT2D eigenvalue weighted by molar-refractivity contribution is 5.81. The summed E-state index contributed by atoms with van der Waals surface area (Å²) < 4.78 is 5.48. The third-order valence-corrected chi connectivity index (χ3v) is 3.62. The van der Waals surface area contributed by atoms with E-state index in [1.165, 1.54) is 0 Å². The van der Waals surface area contributed by atoms with Crippen LogP contribution in [-0.4, -0.2) is 47.3 Å². The standard InChI is InChI=1S/C12H21NO3/c1-9-4-7-16-10(9)11(14)13-6-3-5-12(2,15)8-13/h9-10,15H,3-8H2,1-2H3. The molecule has 0 bridgehead atoms. The molecule has 16 heavy (non-hydrogen) atoms. The predicted octanol–water partition coefficient (Wildman–Crippen LogP) is 0.785. The maximum absolute atomic E-state index is 12.2. The Morgan fingerprint density at radius 3 is 2.88 bits per heavy atom. The minimum atomic E-state index is -0.726. The van der Waals surface area contributed by atoms with Gasteiger partial charge >= 0.3 is 0 Å². The smallest absolute Gasteiger partial charge is 0.252 e. The summed E-state index contributed by atoms with van der Waals surface area (Å²) in [6.45, 7) is 5.73. The summed E-state index contributed by atoms with van der Waals surface area (Å²) in [6.07, 6.45) is 2.33. The van der Waals surface area contributed by atoms with E-state index in [4.69, 9.17) is 4.74 Å². The van der Waals surface area contributed by atoms with E-state index in [0.29, 0.717) is 19.1 Å². The Morgan fingerprint density at radius 2 is 2.31 bits per heavy atom. The molecule has 1 N–H and O–H groups in total. The van der Waals surface area contributed by atoms with Gasteiger partial charge in [0.05, 0.1) is 5.60 Å². The number of hydrogen-bond acceptors (Lipinski definition) is 3. The molecule has 2 aliphatic rings. The van der Waals surface area contributed by atoms with Gasteiger partial charge in [-0.05, 0) is 32.1 Å². The summed E-state index contributed by atoms with van der Waals surface area (Å²) >= 11 is 0. The number of nitrogens with zero attached hydrogens (tertiary/aromatic N) is 1. The van der Waals surface area contributed by atoms with Crippen molar-refractivity contribution in [2.45, 2.75) is 44.8 Å². The Kier molecular flexibility index (Phi) is 3.22. The third kappa shape index (κ3) is 2.38. The summed E-state index contributed by atoms with van der Waals surface area (Å²) in [5.41, 5.74) is -0.726. The van der Waals surface area contributed by atoms with Crippen LogP contribution in [0.4, 0.5) is 0 Å². The molecule has 2 aliphatic heterocycles. The normalized spacial score (nSPS) is 40.1. The van der Waals surface area contributed by atoms with Gasteiger partial charge in [-0.1, -0.05) is 6.92 Å². The van der Waals surface area contributed by atoms with Crippen molar-refractivity contribution in [2.75, 3.05) is 19.7 Å². The van der Waals surface area contributed by atoms with Crippen molar-refractivity contribution in [3.8, 4) is 0 Å². The van der Waals surface area contributed by atoms with Gasteiger partial charge in [0.25, 0.3) is 5.91 Å². The molecule has 0 radical (unpaired) electrons. The van der Waals surface area contributed by atoms with Gasteiger partial charge in [0.1, 0.15) is 6.10 Å². The first kappa shape index (κ1) is 11.9. The fourth-order valence-electron chi connectivity index (χ4n) is 2.60. The van der Waals surface area contributed by atoms with Crippen LogP contribution in [0.3, 0.4) is 0 Å². The zero-order valence-corrected chi connectivity index (χ0v) is 10.1. The average molecular weight is 227 g/mol. The number of carbonyl (C=O) groups excluding carboxylic acids is 1. The van der Waals surface area contributed by atoms with Gasteiger partial charge in [0, 0.05) is 19.7 Å². The van der Waals surface area contributed by atoms with Gasteiger partial charge in [-0.25, -0.2) is 0 Å². The average Bonchev–Trinajstić information content (AvgIpc) is 2.62. The van der Waals surface area contributed by atoms with Crippen LogP contribution in [0, 0.1) is 5.92 Å². The fraction of sp³-hybridized carbons (Fsp3) is 0.917. The molecule has 0 aliphatic carbocycles. The van der Waals surface area contributed by atoms with Crippen molar-refractivity contribution in [2.24, 2.45) is 5.92 Å². The summed E-state index contributed by atoms with van der Waals surface area (Å²) in [6, 6.07) is 0. The van der Waals surface area contributed by atoms with Gasteiger partial charge < -0.3 is 14.7 Å². The molecule has 0 aromatic carbocycles. The molecule has 2 rings (SSSR count). The van der Waals surface area contributed by atoms with E-state index in [2.05, 4.69) is 6.92 Å². The summed E-state index contributed by atoms with van der Waals surface area (Å²) in [5, 5.41) is 9.97. The van der Waals surface area contributed by atoms with Gasteiger partial charge in [-0.15, -0.1) is 0 Å². The van der Waals surface area contributed by atoms with Crippen molar-refractivity contribution in [1.29, 1.82) is 0 Å². The maximum atomic E-state index is 12.2. The summed E-state index contributed by atoms with van der Waals surface area (Å²) in [5.74, 6) is 0.365. The first-order chi connectivity index (χ1) is 7.49. The fourth-order valence-corrected chi connectivity index (χ4v) is 2.60. The summed E-state index contributed by atoms with van der Waals surface area (Å²) in [7, 11) is 0. The lowest BCUT2D eigenvalue weighted by Gasteiger charge is -2.38. The van der Waals surface area contributed by atoms with Crippen LogP contribution in [0.2, 0.25) is 0 Å². The third-order valence-electron chi connectivity index (χ3n) is 3.62. The van der Waals surface area contributed by atoms with E-state index >= 15 is 0 Å². The minimum absolute atomic E-state index is 0.0602. The molecule has 2 saturated heterocycles. The van der Waals surface area contributed by atoms with Crippen molar-refractivity contribution < 1.29 is 14.6 Å². The number of aliphatic hydroxyl groups is 1. The maximum Gasteiger partial charge on any atom is 0.252 e. The monoisotopic (exact) mass is 227 g/mol. The zero-order chi connectivity index (χ0) is 11.8. The van der Waals surface area contributed by atoms with Crippen LogP contribution in [0.15, 0.2) is 0 Å². The minimum Gasteiger partial charge on any atom is -0.388 e. The van der Waals surface area contributed by atoms with Crippen molar-refractivity contribution in [3.05, 3.63) is 0 Å². The molecule has 3 unspecified atom stereocenters. The molecule has 92 valence electrons. The first-order valence-electron chi connectivity index (χ1n) is 6.12. The Balaban J connectivity index is 1.99. The lowest BCUT2D eigenvalue weighted by atomic mass is 9.94. The molecular formula is C12H21NO3. The Labute approximate surface area is 96.6 Å². The number of carbonyl (C=O) groups is 1. The molecule has 3 atom stereocenters. The molecule has 4 nitrogen and oxygen atoms in total.